The van der Waals surface area contributed by atoms with Crippen molar-refractivity contribution in [1.82, 2.24) is 20.4 Å². The third-order valence-corrected chi connectivity index (χ3v) is 4.74. The lowest BCUT2D eigenvalue weighted by Gasteiger charge is -2.27. The molecule has 0 spiro atoms. The Morgan fingerprint density at radius 2 is 1.93 bits per heavy atom. The number of aryl methyl sites for hydroxylation is 2. The van der Waals surface area contributed by atoms with Gasteiger partial charge in [0.15, 0.2) is 0 Å². The Balaban J connectivity index is 2.11. The molecule has 2 N–H and O–H groups in total. The van der Waals surface area contributed by atoms with Gasteiger partial charge in [0, 0.05) is 11.3 Å². The number of hydrogen-bond acceptors (Lipinski definition) is 4. The number of nitrogens with one attached hydrogen (secondary N) is 2. The number of carbonyl (C=O) groups excluding carboxylic acids is 2. The van der Waals surface area contributed by atoms with Crippen molar-refractivity contribution < 1.29 is 14.3 Å². The molecule has 2 heterocycles. The fourth-order valence-electron chi connectivity index (χ4n) is 3.09. The van der Waals surface area contributed by atoms with Gasteiger partial charge in [0.05, 0.1) is 29.6 Å². The van der Waals surface area contributed by atoms with Crippen LogP contribution in [0, 0.1) is 13.8 Å². The van der Waals surface area contributed by atoms with E-state index in [-0.39, 0.29) is 6.61 Å². The van der Waals surface area contributed by atoms with Crippen molar-refractivity contribution in [3.05, 3.63) is 57.5 Å². The van der Waals surface area contributed by atoms with Crippen LogP contribution in [-0.4, -0.2) is 28.4 Å². The first-order valence-corrected chi connectivity index (χ1v) is 8.98. The average Bonchev–Trinajstić information content (AvgIpc) is 2.89. The van der Waals surface area contributed by atoms with E-state index in [1.165, 1.54) is 0 Å². The zero-order valence-electron chi connectivity index (χ0n) is 15.6. The molecule has 3 rings (SSSR count). The molecular formula is C19H21ClN4O3. The molecule has 7 nitrogen and oxygen atoms in total. The average molecular weight is 389 g/mol. The second-order valence-electron chi connectivity index (χ2n) is 6.33. The van der Waals surface area contributed by atoms with Crippen molar-refractivity contribution in [2.24, 2.45) is 0 Å². The topological polar surface area (TPSA) is 85.2 Å². The first kappa shape index (κ1) is 19.0. The Bertz CT molecular complexity index is 931. The zero-order valence-corrected chi connectivity index (χ0v) is 16.3. The molecule has 0 saturated heterocycles. The molecule has 27 heavy (non-hydrogen) atoms. The van der Waals surface area contributed by atoms with Gasteiger partial charge in [-0.3, -0.25) is 0 Å². The number of carbonyl (C=O) groups is 2. The van der Waals surface area contributed by atoms with Crippen molar-refractivity contribution >= 4 is 23.6 Å². The van der Waals surface area contributed by atoms with Gasteiger partial charge in [0.25, 0.3) is 0 Å². The number of urea groups is 1. The van der Waals surface area contributed by atoms with Gasteiger partial charge >= 0.3 is 12.0 Å². The Labute approximate surface area is 162 Å². The molecule has 0 bridgehead atoms. The Morgan fingerprint density at radius 3 is 2.56 bits per heavy atom. The van der Waals surface area contributed by atoms with Crippen LogP contribution in [0.25, 0.3) is 5.69 Å². The Kier molecular flexibility index (Phi) is 5.23. The number of ether oxygens (including phenoxy) is 1. The van der Waals surface area contributed by atoms with Crippen molar-refractivity contribution in [1.29, 1.82) is 0 Å². The molecule has 2 aromatic rings. The number of esters is 1. The fourth-order valence-corrected chi connectivity index (χ4v) is 3.47. The highest BCUT2D eigenvalue weighted by Crippen LogP contribution is 2.35. The molecule has 1 aromatic heterocycles. The van der Waals surface area contributed by atoms with Gasteiger partial charge < -0.3 is 15.4 Å². The van der Waals surface area contributed by atoms with E-state index in [4.69, 9.17) is 16.3 Å². The van der Waals surface area contributed by atoms with Crippen LogP contribution >= 0.6 is 11.6 Å². The molecular weight excluding hydrogens is 368 g/mol. The summed E-state index contributed by atoms with van der Waals surface area (Å²) in [5, 5.41) is 10.2. The standard InChI is InChI=1S/C19H21ClN4O3/c1-5-27-18(25)15-11(3)21-19(26)22-16(15)14-12(4)23-24(17(14)20)13-8-6-10(2)7-9-13/h6-9,16H,5H2,1-4H3,(H2,21,22,26)/t16-/m1/s1. The van der Waals surface area contributed by atoms with Crippen molar-refractivity contribution in [2.45, 2.75) is 33.7 Å². The minimum Gasteiger partial charge on any atom is -0.463 e. The molecule has 0 unspecified atom stereocenters. The summed E-state index contributed by atoms with van der Waals surface area (Å²) < 4.78 is 6.76. The van der Waals surface area contributed by atoms with Crippen LogP contribution in [0.5, 0.6) is 0 Å². The third-order valence-electron chi connectivity index (χ3n) is 4.38. The SMILES string of the molecule is CCOC(=O)C1=C(C)NC(=O)N[C@@H]1c1c(C)nn(-c2ccc(C)cc2)c1Cl. The summed E-state index contributed by atoms with van der Waals surface area (Å²) in [4.78, 5) is 24.5. The number of rotatable bonds is 4. The van der Waals surface area contributed by atoms with Gasteiger partial charge in [0.2, 0.25) is 0 Å². The van der Waals surface area contributed by atoms with Crippen LogP contribution in [0.15, 0.2) is 35.5 Å². The molecule has 1 aromatic carbocycles. The largest absolute Gasteiger partial charge is 0.463 e. The number of nitrogens with zero attached hydrogens (tertiary/aromatic N) is 2. The van der Waals surface area contributed by atoms with Crippen LogP contribution in [0.1, 0.15) is 36.7 Å². The van der Waals surface area contributed by atoms with Crippen LogP contribution in [0.4, 0.5) is 4.79 Å². The highest BCUT2D eigenvalue weighted by Gasteiger charge is 2.36. The minimum atomic E-state index is -0.746. The quantitative estimate of drug-likeness (QED) is 0.786. The number of amides is 2. The van der Waals surface area contributed by atoms with Gasteiger partial charge in [-0.05, 0) is 39.8 Å². The van der Waals surface area contributed by atoms with Crippen molar-refractivity contribution in [3.63, 3.8) is 0 Å². The van der Waals surface area contributed by atoms with Gasteiger partial charge in [-0.25, -0.2) is 14.3 Å². The second kappa shape index (κ2) is 7.44. The first-order chi connectivity index (χ1) is 12.8. The van der Waals surface area contributed by atoms with E-state index in [1.807, 2.05) is 31.2 Å². The highest BCUT2D eigenvalue weighted by molar-refractivity contribution is 6.31. The van der Waals surface area contributed by atoms with Crippen molar-refractivity contribution in [3.8, 4) is 5.69 Å². The van der Waals surface area contributed by atoms with E-state index < -0.39 is 18.0 Å². The highest BCUT2D eigenvalue weighted by atomic mass is 35.5. The molecule has 1 atom stereocenters. The molecule has 142 valence electrons. The normalized spacial score (nSPS) is 16.8. The smallest absolute Gasteiger partial charge is 0.338 e. The zero-order chi connectivity index (χ0) is 19.7. The molecule has 1 aliphatic rings. The summed E-state index contributed by atoms with van der Waals surface area (Å²) in [6, 6.07) is 6.58. The maximum atomic E-state index is 12.5. The van der Waals surface area contributed by atoms with Gasteiger partial charge in [0.1, 0.15) is 5.15 Å². The van der Waals surface area contributed by atoms with E-state index in [0.29, 0.717) is 27.7 Å². The Hall–Kier alpha value is -2.80. The molecule has 2 amide bonds. The Morgan fingerprint density at radius 1 is 1.26 bits per heavy atom. The number of halogens is 1. The van der Waals surface area contributed by atoms with Crippen molar-refractivity contribution in [2.75, 3.05) is 6.61 Å². The van der Waals surface area contributed by atoms with E-state index in [0.717, 1.165) is 11.3 Å². The summed E-state index contributed by atoms with van der Waals surface area (Å²) >= 11 is 6.63. The van der Waals surface area contributed by atoms with Crippen LogP contribution in [0.2, 0.25) is 5.15 Å². The molecule has 8 heteroatoms. The van der Waals surface area contributed by atoms with E-state index in [9.17, 15) is 9.59 Å². The summed E-state index contributed by atoms with van der Waals surface area (Å²) in [7, 11) is 0. The number of benzene rings is 1. The van der Waals surface area contributed by atoms with Gasteiger partial charge in [-0.15, -0.1) is 0 Å². The summed E-state index contributed by atoms with van der Waals surface area (Å²) in [6.07, 6.45) is 0. The summed E-state index contributed by atoms with van der Waals surface area (Å²) in [5.74, 6) is -0.508. The molecule has 0 radical (unpaired) electrons. The third kappa shape index (κ3) is 3.55. The van der Waals surface area contributed by atoms with Crippen LogP contribution in [-0.2, 0) is 9.53 Å². The number of aromatic nitrogens is 2. The van der Waals surface area contributed by atoms with Gasteiger partial charge in [-0.1, -0.05) is 29.3 Å². The van der Waals surface area contributed by atoms with E-state index in [1.54, 1.807) is 25.5 Å². The van der Waals surface area contributed by atoms with Crippen LogP contribution < -0.4 is 10.6 Å². The summed E-state index contributed by atoms with van der Waals surface area (Å²) in [6.45, 7) is 7.40. The second-order valence-corrected chi connectivity index (χ2v) is 6.69. The lowest BCUT2D eigenvalue weighted by molar-refractivity contribution is -0.139. The maximum absolute atomic E-state index is 12.5. The number of hydrogen-bond donors (Lipinski definition) is 2. The predicted molar refractivity (Wildman–Crippen MR) is 102 cm³/mol. The minimum absolute atomic E-state index is 0.228. The summed E-state index contributed by atoms with van der Waals surface area (Å²) in [5.41, 5.74) is 3.83. The predicted octanol–water partition coefficient (Wildman–Crippen LogP) is 3.33. The fraction of sp³-hybridized carbons (Fsp3) is 0.316. The maximum Gasteiger partial charge on any atom is 0.338 e. The van der Waals surface area contributed by atoms with Crippen LogP contribution in [0.3, 0.4) is 0 Å². The lowest BCUT2D eigenvalue weighted by atomic mass is 9.96. The molecule has 0 fully saturated rings. The first-order valence-electron chi connectivity index (χ1n) is 8.61. The molecule has 0 aliphatic carbocycles. The molecule has 1 aliphatic heterocycles. The van der Waals surface area contributed by atoms with Gasteiger partial charge in [-0.2, -0.15) is 5.10 Å². The monoisotopic (exact) mass is 388 g/mol. The molecule has 0 saturated carbocycles. The lowest BCUT2D eigenvalue weighted by Crippen LogP contribution is -2.45. The number of allylic oxidation sites excluding steroid dienone is 1. The van der Waals surface area contributed by atoms with E-state index >= 15 is 0 Å². The van der Waals surface area contributed by atoms with E-state index in [2.05, 4.69) is 15.7 Å².